The van der Waals surface area contributed by atoms with Crippen LogP contribution in [-0.4, -0.2) is 4.98 Å². The largest absolute Gasteiger partial charge is 0.246 e. The molecule has 3 rings (SSSR count). The van der Waals surface area contributed by atoms with Gasteiger partial charge < -0.3 is 0 Å². The van der Waals surface area contributed by atoms with Gasteiger partial charge in [0, 0.05) is 11.1 Å². The van der Waals surface area contributed by atoms with Gasteiger partial charge in [0.15, 0.2) is 0 Å². The lowest BCUT2D eigenvalue weighted by molar-refractivity contribution is 1.32. The first-order valence-electron chi connectivity index (χ1n) is 6.75. The fourth-order valence-corrected chi connectivity index (χ4v) is 3.68. The third kappa shape index (κ3) is 3.70. The van der Waals surface area contributed by atoms with Crippen molar-refractivity contribution in [2.45, 2.75) is 0 Å². The molecule has 0 aliphatic heterocycles. The lowest BCUT2D eigenvalue weighted by Gasteiger charge is -2.12. The molecule has 25 heavy (non-hydrogen) atoms. The highest BCUT2D eigenvalue weighted by molar-refractivity contribution is 6.50. The van der Waals surface area contributed by atoms with Crippen LogP contribution in [0.25, 0.3) is 22.5 Å². The highest BCUT2D eigenvalue weighted by atomic mass is 35.5. The standard InChI is InChI=1S/C17H6Cl7N/c18-9-3-1-7(13(21)15(9)23)12-6-5-11(20)17(25-12)8-2-4-10(19)16(24)14(8)22/h1-6H. The summed E-state index contributed by atoms with van der Waals surface area (Å²) in [5, 5.41) is 2.16. The average Bonchev–Trinajstić information content (AvgIpc) is 2.59. The van der Waals surface area contributed by atoms with Crippen molar-refractivity contribution < 1.29 is 0 Å². The third-order valence-corrected chi connectivity index (χ3v) is 6.34. The van der Waals surface area contributed by atoms with E-state index < -0.39 is 0 Å². The second kappa shape index (κ2) is 7.70. The van der Waals surface area contributed by atoms with Gasteiger partial charge in [0.2, 0.25) is 0 Å². The van der Waals surface area contributed by atoms with Crippen molar-refractivity contribution in [3.05, 3.63) is 71.6 Å². The predicted octanol–water partition coefficient (Wildman–Crippen LogP) is 8.99. The summed E-state index contributed by atoms with van der Waals surface area (Å²) in [5.41, 5.74) is 2.18. The zero-order valence-corrected chi connectivity index (χ0v) is 17.3. The number of halogens is 7. The van der Waals surface area contributed by atoms with Gasteiger partial charge in [-0.1, -0.05) is 81.2 Å². The minimum Gasteiger partial charge on any atom is -0.246 e. The van der Waals surface area contributed by atoms with Gasteiger partial charge in [0.1, 0.15) is 0 Å². The van der Waals surface area contributed by atoms with Gasteiger partial charge in [-0.3, -0.25) is 0 Å². The molecule has 0 saturated heterocycles. The molecular formula is C17H6Cl7N. The first-order chi connectivity index (χ1) is 11.8. The smallest absolute Gasteiger partial charge is 0.0911 e. The summed E-state index contributed by atoms with van der Waals surface area (Å²) in [7, 11) is 0. The number of hydrogen-bond donors (Lipinski definition) is 0. The van der Waals surface area contributed by atoms with Crippen molar-refractivity contribution in [1.82, 2.24) is 4.98 Å². The molecule has 0 bridgehead atoms. The Balaban J connectivity index is 2.21. The quantitative estimate of drug-likeness (QED) is 0.339. The second-order valence-electron chi connectivity index (χ2n) is 4.97. The Morgan fingerprint density at radius 2 is 0.960 bits per heavy atom. The van der Waals surface area contributed by atoms with Crippen molar-refractivity contribution in [3.63, 3.8) is 0 Å². The maximum Gasteiger partial charge on any atom is 0.0911 e. The van der Waals surface area contributed by atoms with Crippen molar-refractivity contribution in [2.75, 3.05) is 0 Å². The summed E-state index contributed by atoms with van der Waals surface area (Å²) in [6.45, 7) is 0. The molecule has 1 nitrogen and oxygen atoms in total. The van der Waals surface area contributed by atoms with E-state index >= 15 is 0 Å². The summed E-state index contributed by atoms with van der Waals surface area (Å²) in [5.74, 6) is 0. The number of benzene rings is 2. The first kappa shape index (κ1) is 19.4. The molecule has 1 aromatic heterocycles. The summed E-state index contributed by atoms with van der Waals surface area (Å²) in [6, 6.07) is 10.1. The Labute approximate surface area is 179 Å². The van der Waals surface area contributed by atoms with Gasteiger partial charge in [0.25, 0.3) is 0 Å². The van der Waals surface area contributed by atoms with E-state index in [-0.39, 0.29) is 15.1 Å². The summed E-state index contributed by atoms with van der Waals surface area (Å²) in [6.07, 6.45) is 0. The van der Waals surface area contributed by atoms with E-state index in [0.717, 1.165) is 0 Å². The van der Waals surface area contributed by atoms with E-state index in [9.17, 15) is 0 Å². The lowest BCUT2D eigenvalue weighted by atomic mass is 10.1. The molecule has 0 amide bonds. The average molecular weight is 472 g/mol. The maximum absolute atomic E-state index is 6.30. The van der Waals surface area contributed by atoms with Gasteiger partial charge in [-0.25, -0.2) is 4.98 Å². The van der Waals surface area contributed by atoms with E-state index in [2.05, 4.69) is 4.98 Å². The lowest BCUT2D eigenvalue weighted by Crippen LogP contribution is -1.92. The number of aromatic nitrogens is 1. The topological polar surface area (TPSA) is 12.9 Å². The molecule has 128 valence electrons. The molecule has 2 aromatic carbocycles. The Hall–Kier alpha value is -0.380. The van der Waals surface area contributed by atoms with E-state index in [1.807, 2.05) is 0 Å². The summed E-state index contributed by atoms with van der Waals surface area (Å²) < 4.78 is 0. The van der Waals surface area contributed by atoms with Gasteiger partial charge in [-0.05, 0) is 36.4 Å². The van der Waals surface area contributed by atoms with Crippen LogP contribution in [0.15, 0.2) is 36.4 Å². The minimum absolute atomic E-state index is 0.233. The predicted molar refractivity (Wildman–Crippen MR) is 110 cm³/mol. The van der Waals surface area contributed by atoms with Crippen LogP contribution >= 0.6 is 81.2 Å². The maximum atomic E-state index is 6.30. The normalized spacial score (nSPS) is 11.0. The monoisotopic (exact) mass is 469 g/mol. The van der Waals surface area contributed by atoms with Crippen LogP contribution in [0.4, 0.5) is 0 Å². The molecule has 0 N–H and O–H groups in total. The van der Waals surface area contributed by atoms with Crippen molar-refractivity contribution in [1.29, 1.82) is 0 Å². The SMILES string of the molecule is Clc1ccc(-c2ccc(Cl)c(Cl)c2Cl)nc1-c1ccc(Cl)c(Cl)c1Cl. The van der Waals surface area contributed by atoms with Gasteiger partial charge in [-0.15, -0.1) is 0 Å². The number of pyridine rings is 1. The van der Waals surface area contributed by atoms with Crippen molar-refractivity contribution >= 4 is 81.2 Å². The zero-order valence-electron chi connectivity index (χ0n) is 12.1. The highest BCUT2D eigenvalue weighted by Gasteiger charge is 2.17. The van der Waals surface area contributed by atoms with Crippen molar-refractivity contribution in [2.24, 2.45) is 0 Å². The van der Waals surface area contributed by atoms with Crippen LogP contribution in [0.2, 0.25) is 35.2 Å². The van der Waals surface area contributed by atoms with Gasteiger partial charge in [-0.2, -0.15) is 0 Å². The molecule has 0 atom stereocenters. The van der Waals surface area contributed by atoms with Gasteiger partial charge >= 0.3 is 0 Å². The number of nitrogens with zero attached hydrogens (tertiary/aromatic N) is 1. The summed E-state index contributed by atoms with van der Waals surface area (Å²) in [4.78, 5) is 4.57. The Kier molecular flexibility index (Phi) is 5.97. The molecule has 0 radical (unpaired) electrons. The molecule has 0 aliphatic carbocycles. The Morgan fingerprint density at radius 3 is 1.56 bits per heavy atom. The fourth-order valence-electron chi connectivity index (χ4n) is 2.21. The molecule has 0 unspecified atom stereocenters. The van der Waals surface area contributed by atoms with Crippen LogP contribution in [0, 0.1) is 0 Å². The van der Waals surface area contributed by atoms with Crippen LogP contribution in [0.3, 0.4) is 0 Å². The Bertz CT molecular complexity index is 985. The highest BCUT2D eigenvalue weighted by Crippen LogP contribution is 2.42. The number of rotatable bonds is 2. The van der Waals surface area contributed by atoms with Crippen LogP contribution in [0.5, 0.6) is 0 Å². The summed E-state index contributed by atoms with van der Waals surface area (Å²) >= 11 is 43.1. The van der Waals surface area contributed by atoms with Crippen molar-refractivity contribution in [3.8, 4) is 22.5 Å². The van der Waals surface area contributed by atoms with E-state index in [1.54, 1.807) is 36.4 Å². The molecule has 3 aromatic rings. The molecular weight excluding hydrogens is 466 g/mol. The second-order valence-corrected chi connectivity index (χ2v) is 7.71. The molecule has 1 heterocycles. The van der Waals surface area contributed by atoms with Crippen LogP contribution in [-0.2, 0) is 0 Å². The first-order valence-corrected chi connectivity index (χ1v) is 9.40. The van der Waals surface area contributed by atoms with E-state index in [4.69, 9.17) is 81.2 Å². The minimum atomic E-state index is 0.233. The fraction of sp³-hybridized carbons (Fsp3) is 0. The molecule has 0 fully saturated rings. The van der Waals surface area contributed by atoms with Gasteiger partial charge in [0.05, 0.1) is 46.5 Å². The van der Waals surface area contributed by atoms with E-state index in [1.165, 1.54) is 0 Å². The van der Waals surface area contributed by atoms with E-state index in [0.29, 0.717) is 42.6 Å². The molecule has 0 saturated carbocycles. The molecule has 8 heteroatoms. The molecule has 0 aliphatic rings. The number of hydrogen-bond acceptors (Lipinski definition) is 1. The van der Waals surface area contributed by atoms with Crippen LogP contribution in [0.1, 0.15) is 0 Å². The Morgan fingerprint density at radius 1 is 0.480 bits per heavy atom. The molecule has 0 spiro atoms. The van der Waals surface area contributed by atoms with Crippen LogP contribution < -0.4 is 0 Å². The third-order valence-electron chi connectivity index (χ3n) is 3.45. The zero-order chi connectivity index (χ0) is 18.3.